The Hall–Kier alpha value is -0.620. The minimum atomic E-state index is -1.02. The summed E-state index contributed by atoms with van der Waals surface area (Å²) in [4.78, 5) is 14.4. The molecule has 0 aromatic carbocycles. The third-order valence-electron chi connectivity index (χ3n) is 1.28. The molecule has 0 bridgehead atoms. The van der Waals surface area contributed by atoms with E-state index in [2.05, 4.69) is 4.98 Å². The molecule has 1 rings (SSSR count). The molecule has 0 saturated heterocycles. The predicted molar refractivity (Wildman–Crippen MR) is 52.9 cm³/mol. The first kappa shape index (κ1) is 17.8. The summed E-state index contributed by atoms with van der Waals surface area (Å²) in [5.74, 6) is -0.848. The standard InChI is InChI=1S/C8H9NO3.C2H5O.Na/c1-2-12-7-6(8(10)11)4-3-5-9-7;1-2-3;/h3-5H,2H2,1H3,(H,10,11);2H2,1H3;/q;-1;+1. The molecule has 1 N–H and O–H groups in total. The average Bonchev–Trinajstić information content (AvgIpc) is 2.20. The van der Waals surface area contributed by atoms with E-state index in [1.54, 1.807) is 19.9 Å². The fraction of sp³-hybridized carbons (Fsp3) is 0.400. The Bertz CT molecular complexity index is 307. The molecule has 0 aliphatic carbocycles. The molecule has 16 heavy (non-hydrogen) atoms. The predicted octanol–water partition coefficient (Wildman–Crippen LogP) is -2.45. The fourth-order valence-corrected chi connectivity index (χ4v) is 0.805. The van der Waals surface area contributed by atoms with Crippen LogP contribution in [0.25, 0.3) is 0 Å². The summed E-state index contributed by atoms with van der Waals surface area (Å²) in [6.45, 7) is 3.76. The van der Waals surface area contributed by atoms with E-state index in [4.69, 9.17) is 14.9 Å². The third kappa shape index (κ3) is 6.79. The van der Waals surface area contributed by atoms with Gasteiger partial charge in [0.15, 0.2) is 0 Å². The Morgan fingerprint density at radius 2 is 2.12 bits per heavy atom. The van der Waals surface area contributed by atoms with Gasteiger partial charge >= 0.3 is 35.5 Å². The molecule has 0 unspecified atom stereocenters. The Morgan fingerprint density at radius 3 is 2.56 bits per heavy atom. The molecule has 1 heterocycles. The molecular formula is C10H14NNaO4. The van der Waals surface area contributed by atoms with Crippen molar-refractivity contribution in [1.82, 2.24) is 4.98 Å². The van der Waals surface area contributed by atoms with Gasteiger partial charge in [0, 0.05) is 6.20 Å². The molecular weight excluding hydrogens is 221 g/mol. The summed E-state index contributed by atoms with van der Waals surface area (Å²) in [5, 5.41) is 17.6. The van der Waals surface area contributed by atoms with Crippen molar-refractivity contribution in [1.29, 1.82) is 0 Å². The van der Waals surface area contributed by atoms with Crippen LogP contribution < -0.4 is 39.4 Å². The maximum atomic E-state index is 10.6. The van der Waals surface area contributed by atoms with Crippen molar-refractivity contribution >= 4 is 5.97 Å². The number of hydrogen-bond acceptors (Lipinski definition) is 4. The second kappa shape index (κ2) is 10.9. The SMILES string of the molecule is CCOc1ncccc1C(=O)O.CC[O-].[Na+]. The van der Waals surface area contributed by atoms with E-state index in [0.717, 1.165) is 0 Å². The number of carbonyl (C=O) groups is 1. The summed E-state index contributed by atoms with van der Waals surface area (Å²) in [6.07, 6.45) is 1.50. The molecule has 0 aliphatic heterocycles. The molecule has 5 nitrogen and oxygen atoms in total. The largest absolute Gasteiger partial charge is 1.00 e. The van der Waals surface area contributed by atoms with Crippen molar-refractivity contribution in [2.45, 2.75) is 13.8 Å². The van der Waals surface area contributed by atoms with Crippen molar-refractivity contribution in [2.75, 3.05) is 13.2 Å². The van der Waals surface area contributed by atoms with Crippen LogP contribution in [0, 0.1) is 0 Å². The maximum absolute atomic E-state index is 10.6. The van der Waals surface area contributed by atoms with Crippen molar-refractivity contribution in [3.8, 4) is 5.88 Å². The monoisotopic (exact) mass is 235 g/mol. The Morgan fingerprint density at radius 1 is 1.56 bits per heavy atom. The number of rotatable bonds is 3. The summed E-state index contributed by atoms with van der Waals surface area (Å²) in [7, 11) is 0. The average molecular weight is 235 g/mol. The van der Waals surface area contributed by atoms with Gasteiger partial charge in [-0.05, 0) is 19.1 Å². The number of aromatic carboxylic acids is 1. The first-order valence-corrected chi connectivity index (χ1v) is 4.56. The maximum Gasteiger partial charge on any atom is 1.00 e. The third-order valence-corrected chi connectivity index (χ3v) is 1.28. The van der Waals surface area contributed by atoms with Gasteiger partial charge in [-0.3, -0.25) is 0 Å². The van der Waals surface area contributed by atoms with E-state index in [0.29, 0.717) is 6.61 Å². The number of aromatic nitrogens is 1. The Balaban J connectivity index is 0. The zero-order valence-electron chi connectivity index (χ0n) is 9.77. The van der Waals surface area contributed by atoms with Gasteiger partial charge in [0.25, 0.3) is 0 Å². The van der Waals surface area contributed by atoms with E-state index in [-0.39, 0.29) is 47.6 Å². The van der Waals surface area contributed by atoms with Crippen LogP contribution in [0.5, 0.6) is 5.88 Å². The number of nitrogens with zero attached hydrogens (tertiary/aromatic N) is 1. The van der Waals surface area contributed by atoms with E-state index in [1.165, 1.54) is 12.3 Å². The van der Waals surface area contributed by atoms with E-state index in [1.807, 2.05) is 0 Å². The first-order chi connectivity index (χ1) is 7.17. The topological polar surface area (TPSA) is 82.5 Å². The van der Waals surface area contributed by atoms with Gasteiger partial charge in [0.1, 0.15) is 5.56 Å². The summed E-state index contributed by atoms with van der Waals surface area (Å²) in [5.41, 5.74) is 0.0966. The zero-order valence-corrected chi connectivity index (χ0v) is 11.8. The van der Waals surface area contributed by atoms with Crippen LogP contribution in [0.2, 0.25) is 0 Å². The molecule has 0 atom stereocenters. The van der Waals surface area contributed by atoms with E-state index >= 15 is 0 Å². The Labute approximate surface area is 117 Å². The van der Waals surface area contributed by atoms with Crippen molar-refractivity contribution in [2.24, 2.45) is 0 Å². The molecule has 1 aromatic heterocycles. The van der Waals surface area contributed by atoms with Crippen LogP contribution in [0.4, 0.5) is 0 Å². The number of ether oxygens (including phenoxy) is 1. The van der Waals surface area contributed by atoms with Gasteiger partial charge in [-0.1, -0.05) is 6.92 Å². The molecule has 0 aliphatic rings. The van der Waals surface area contributed by atoms with Gasteiger partial charge < -0.3 is 14.9 Å². The van der Waals surface area contributed by atoms with Crippen LogP contribution >= 0.6 is 0 Å². The van der Waals surface area contributed by atoms with Gasteiger partial charge in [0.05, 0.1) is 6.61 Å². The molecule has 0 radical (unpaired) electrons. The summed E-state index contributed by atoms with van der Waals surface area (Å²) < 4.78 is 5.01. The van der Waals surface area contributed by atoms with Gasteiger partial charge in [0.2, 0.25) is 5.88 Å². The van der Waals surface area contributed by atoms with Crippen LogP contribution in [-0.4, -0.2) is 29.3 Å². The first-order valence-electron chi connectivity index (χ1n) is 4.56. The van der Waals surface area contributed by atoms with Gasteiger partial charge in [-0.15, -0.1) is 6.61 Å². The molecule has 1 aromatic rings. The van der Waals surface area contributed by atoms with Crippen LogP contribution in [0.1, 0.15) is 24.2 Å². The minimum Gasteiger partial charge on any atom is -0.855 e. The molecule has 84 valence electrons. The number of carboxylic acid groups (broad SMARTS) is 1. The molecule has 6 heteroatoms. The van der Waals surface area contributed by atoms with Crippen LogP contribution in [0.15, 0.2) is 18.3 Å². The molecule has 0 spiro atoms. The number of carboxylic acids is 1. The van der Waals surface area contributed by atoms with Crippen molar-refractivity contribution < 1.29 is 49.3 Å². The summed E-state index contributed by atoms with van der Waals surface area (Å²) >= 11 is 0. The minimum absolute atomic E-state index is 0. The number of pyridine rings is 1. The van der Waals surface area contributed by atoms with E-state index < -0.39 is 5.97 Å². The van der Waals surface area contributed by atoms with Crippen molar-refractivity contribution in [3.05, 3.63) is 23.9 Å². The summed E-state index contributed by atoms with van der Waals surface area (Å²) in [6, 6.07) is 3.02. The van der Waals surface area contributed by atoms with Gasteiger partial charge in [-0.25, -0.2) is 9.78 Å². The number of hydrogen-bond donors (Lipinski definition) is 1. The van der Waals surface area contributed by atoms with E-state index in [9.17, 15) is 4.79 Å². The Kier molecular flexibility index (Phi) is 12.1. The van der Waals surface area contributed by atoms with Gasteiger partial charge in [-0.2, -0.15) is 0 Å². The normalized spacial score (nSPS) is 8.19. The zero-order chi connectivity index (χ0) is 11.7. The fourth-order valence-electron chi connectivity index (χ4n) is 0.805. The molecule has 0 fully saturated rings. The quantitative estimate of drug-likeness (QED) is 0.588. The van der Waals surface area contributed by atoms with Crippen LogP contribution in [-0.2, 0) is 0 Å². The van der Waals surface area contributed by atoms with Crippen LogP contribution in [0.3, 0.4) is 0 Å². The smallest absolute Gasteiger partial charge is 0.855 e. The second-order valence-electron chi connectivity index (χ2n) is 2.38. The van der Waals surface area contributed by atoms with Crippen molar-refractivity contribution in [3.63, 3.8) is 0 Å². The molecule has 0 saturated carbocycles. The molecule has 0 amide bonds. The second-order valence-corrected chi connectivity index (χ2v) is 2.38.